The molecule has 6 nitrogen and oxygen atoms in total. The summed E-state index contributed by atoms with van der Waals surface area (Å²) in [6, 6.07) is 5.23. The van der Waals surface area contributed by atoms with Crippen LogP contribution in [0.5, 0.6) is 5.75 Å². The van der Waals surface area contributed by atoms with Crippen LogP contribution in [-0.2, 0) is 4.79 Å². The molecular weight excluding hydrogens is 356 g/mol. The molecule has 0 aliphatic carbocycles. The van der Waals surface area contributed by atoms with Crippen molar-refractivity contribution in [3.05, 3.63) is 29.8 Å². The lowest BCUT2D eigenvalue weighted by atomic mass is 9.93. The van der Waals surface area contributed by atoms with E-state index in [0.717, 1.165) is 0 Å². The second-order valence-corrected chi connectivity index (χ2v) is 7.59. The lowest BCUT2D eigenvalue weighted by Crippen LogP contribution is -2.49. The molecule has 1 aliphatic rings. The van der Waals surface area contributed by atoms with E-state index in [1.54, 1.807) is 18.0 Å². The number of nitrogens with zero attached hydrogens (tertiary/aromatic N) is 2. The fraction of sp³-hybridized carbons (Fsp3) is 0.579. The van der Waals surface area contributed by atoms with Gasteiger partial charge >= 0.3 is 6.61 Å². The fourth-order valence-electron chi connectivity index (χ4n) is 3.30. The van der Waals surface area contributed by atoms with Crippen LogP contribution in [0.2, 0.25) is 0 Å². The average Bonchev–Trinajstić information content (AvgIpc) is 3.09. The van der Waals surface area contributed by atoms with E-state index in [9.17, 15) is 18.4 Å². The molecule has 0 saturated carbocycles. The average molecular weight is 383 g/mol. The smallest absolute Gasteiger partial charge is 0.387 e. The first-order chi connectivity index (χ1) is 12.7. The number of ether oxygens (including phenoxy) is 1. The number of carbonyl (C=O) groups is 2. The van der Waals surface area contributed by atoms with Crippen molar-refractivity contribution in [3.63, 3.8) is 0 Å². The van der Waals surface area contributed by atoms with Crippen LogP contribution in [0, 0.1) is 5.41 Å². The molecule has 1 aromatic rings. The summed E-state index contributed by atoms with van der Waals surface area (Å²) in [4.78, 5) is 28.9. The Morgan fingerprint density at radius 2 is 2.04 bits per heavy atom. The molecule has 1 atom stereocenters. The van der Waals surface area contributed by atoms with Crippen molar-refractivity contribution in [1.29, 1.82) is 0 Å². The summed E-state index contributed by atoms with van der Waals surface area (Å²) in [5.41, 5.74) is 5.53. The number of nitrogens with two attached hydrogens (primary N) is 1. The molecule has 1 aliphatic heterocycles. The molecule has 1 fully saturated rings. The van der Waals surface area contributed by atoms with E-state index in [0.29, 0.717) is 32.5 Å². The quantitative estimate of drug-likeness (QED) is 0.784. The van der Waals surface area contributed by atoms with Crippen molar-refractivity contribution in [1.82, 2.24) is 9.80 Å². The van der Waals surface area contributed by atoms with Crippen LogP contribution < -0.4 is 10.5 Å². The van der Waals surface area contributed by atoms with Crippen LogP contribution in [-0.4, -0.2) is 60.9 Å². The minimum atomic E-state index is -3.03. The second kappa shape index (κ2) is 8.65. The van der Waals surface area contributed by atoms with Gasteiger partial charge in [0.15, 0.2) is 0 Å². The van der Waals surface area contributed by atoms with Gasteiger partial charge in [-0.25, -0.2) is 0 Å². The van der Waals surface area contributed by atoms with Gasteiger partial charge in [-0.3, -0.25) is 9.59 Å². The molecule has 2 rings (SSSR count). The molecule has 1 heterocycles. The number of rotatable bonds is 7. The van der Waals surface area contributed by atoms with E-state index in [2.05, 4.69) is 4.74 Å². The maximum atomic E-state index is 12.9. The highest BCUT2D eigenvalue weighted by Crippen LogP contribution is 2.27. The SMILES string of the molecule is CN(CC(C)(C)CN)C(=O)C1CCCN1C(=O)c1ccccc1OC(F)F. The van der Waals surface area contributed by atoms with Gasteiger partial charge in [0.2, 0.25) is 5.91 Å². The Balaban J connectivity index is 2.18. The van der Waals surface area contributed by atoms with Gasteiger partial charge in [0, 0.05) is 20.1 Å². The van der Waals surface area contributed by atoms with E-state index >= 15 is 0 Å². The van der Waals surface area contributed by atoms with E-state index in [-0.39, 0.29) is 22.6 Å². The summed E-state index contributed by atoms with van der Waals surface area (Å²) in [6.07, 6.45) is 1.21. The molecule has 2 N–H and O–H groups in total. The number of para-hydroxylation sites is 1. The molecule has 0 aromatic heterocycles. The minimum absolute atomic E-state index is 0.0300. The predicted octanol–water partition coefficient (Wildman–Crippen LogP) is 2.34. The monoisotopic (exact) mass is 383 g/mol. The van der Waals surface area contributed by atoms with Crippen LogP contribution in [0.25, 0.3) is 0 Å². The number of carbonyl (C=O) groups excluding carboxylic acids is 2. The molecule has 0 radical (unpaired) electrons. The number of halogens is 2. The fourth-order valence-corrected chi connectivity index (χ4v) is 3.30. The molecule has 1 unspecified atom stereocenters. The van der Waals surface area contributed by atoms with E-state index < -0.39 is 18.6 Å². The Labute approximate surface area is 158 Å². The second-order valence-electron chi connectivity index (χ2n) is 7.59. The summed E-state index contributed by atoms with van der Waals surface area (Å²) in [7, 11) is 1.69. The summed E-state index contributed by atoms with van der Waals surface area (Å²) in [6.45, 7) is 2.19. The van der Waals surface area contributed by atoms with E-state index in [4.69, 9.17) is 5.73 Å². The van der Waals surface area contributed by atoms with Gasteiger partial charge in [-0.1, -0.05) is 26.0 Å². The number of likely N-dealkylation sites (tertiary alicyclic amines) is 1. The number of hydrogen-bond acceptors (Lipinski definition) is 4. The summed E-state index contributed by atoms with van der Waals surface area (Å²) in [5.74, 6) is -0.837. The van der Waals surface area contributed by atoms with Crippen LogP contribution >= 0.6 is 0 Å². The molecule has 8 heteroatoms. The normalized spacial score (nSPS) is 17.3. The van der Waals surface area contributed by atoms with Crippen molar-refractivity contribution >= 4 is 11.8 Å². The van der Waals surface area contributed by atoms with E-state index in [1.165, 1.54) is 23.1 Å². The lowest BCUT2D eigenvalue weighted by molar-refractivity contribution is -0.135. The predicted molar refractivity (Wildman–Crippen MR) is 97.6 cm³/mol. The van der Waals surface area contributed by atoms with Crippen molar-refractivity contribution in [2.75, 3.05) is 26.7 Å². The van der Waals surface area contributed by atoms with Gasteiger partial charge in [0.05, 0.1) is 5.56 Å². The largest absolute Gasteiger partial charge is 0.434 e. The van der Waals surface area contributed by atoms with Crippen LogP contribution in [0.3, 0.4) is 0 Å². The molecule has 27 heavy (non-hydrogen) atoms. The molecule has 2 amide bonds. The Kier molecular flexibility index (Phi) is 6.75. The summed E-state index contributed by atoms with van der Waals surface area (Å²) >= 11 is 0. The third-order valence-corrected chi connectivity index (χ3v) is 4.73. The summed E-state index contributed by atoms with van der Waals surface area (Å²) in [5, 5.41) is 0. The molecule has 150 valence electrons. The highest BCUT2D eigenvalue weighted by Gasteiger charge is 2.37. The topological polar surface area (TPSA) is 75.9 Å². The Hall–Kier alpha value is -2.22. The van der Waals surface area contributed by atoms with Crippen molar-refractivity contribution in [3.8, 4) is 5.75 Å². The molecule has 1 saturated heterocycles. The molecule has 0 spiro atoms. The first-order valence-corrected chi connectivity index (χ1v) is 8.96. The number of alkyl halides is 2. The van der Waals surface area contributed by atoms with Crippen molar-refractivity contribution in [2.24, 2.45) is 11.1 Å². The van der Waals surface area contributed by atoms with Crippen LogP contribution in [0.1, 0.15) is 37.0 Å². The van der Waals surface area contributed by atoms with Crippen LogP contribution in [0.15, 0.2) is 24.3 Å². The van der Waals surface area contributed by atoms with Gasteiger partial charge < -0.3 is 20.3 Å². The maximum absolute atomic E-state index is 12.9. The highest BCUT2D eigenvalue weighted by atomic mass is 19.3. The standard InChI is InChI=1S/C19H27F2N3O3/c1-19(2,11-22)12-23(3)17(26)14-8-6-10-24(14)16(25)13-7-4-5-9-15(13)27-18(20)21/h4-5,7,9,14,18H,6,8,10-12,22H2,1-3H3. The molecular formula is C19H27F2N3O3. The number of benzene rings is 1. The number of hydrogen-bond donors (Lipinski definition) is 1. The van der Waals surface area contributed by atoms with Gasteiger partial charge in [-0.2, -0.15) is 8.78 Å². The van der Waals surface area contributed by atoms with Gasteiger partial charge in [-0.15, -0.1) is 0 Å². The van der Waals surface area contributed by atoms with Gasteiger partial charge in [0.25, 0.3) is 5.91 Å². The van der Waals surface area contributed by atoms with E-state index in [1.807, 2.05) is 13.8 Å². The van der Waals surface area contributed by atoms with Gasteiger partial charge in [0.1, 0.15) is 11.8 Å². The lowest BCUT2D eigenvalue weighted by Gasteiger charge is -2.33. The zero-order valence-corrected chi connectivity index (χ0v) is 16.0. The Bertz CT molecular complexity index is 682. The zero-order valence-electron chi connectivity index (χ0n) is 16.0. The third kappa shape index (κ3) is 5.15. The minimum Gasteiger partial charge on any atom is -0.434 e. The molecule has 1 aromatic carbocycles. The number of likely N-dealkylation sites (N-methyl/N-ethyl adjacent to an activating group) is 1. The van der Waals surface area contributed by atoms with Crippen LogP contribution in [0.4, 0.5) is 8.78 Å². The highest BCUT2D eigenvalue weighted by molar-refractivity contribution is 6.00. The van der Waals surface area contributed by atoms with Crippen molar-refractivity contribution in [2.45, 2.75) is 39.3 Å². The third-order valence-electron chi connectivity index (χ3n) is 4.73. The number of amides is 2. The molecule has 0 bridgehead atoms. The van der Waals surface area contributed by atoms with Gasteiger partial charge in [-0.05, 0) is 36.9 Å². The first kappa shape index (κ1) is 21.1. The summed E-state index contributed by atoms with van der Waals surface area (Å²) < 4.78 is 29.7. The Morgan fingerprint density at radius 1 is 1.37 bits per heavy atom. The maximum Gasteiger partial charge on any atom is 0.387 e. The Morgan fingerprint density at radius 3 is 2.67 bits per heavy atom. The van der Waals surface area contributed by atoms with Crippen molar-refractivity contribution < 1.29 is 23.1 Å². The zero-order chi connectivity index (χ0) is 20.2. The first-order valence-electron chi connectivity index (χ1n) is 8.96.